The van der Waals surface area contributed by atoms with Crippen molar-refractivity contribution in [2.45, 2.75) is 20.3 Å². The van der Waals surface area contributed by atoms with Crippen LogP contribution >= 0.6 is 12.2 Å². The highest BCUT2D eigenvalue weighted by molar-refractivity contribution is 7.80. The summed E-state index contributed by atoms with van der Waals surface area (Å²) in [6.45, 7) is 4.03. The van der Waals surface area contributed by atoms with Gasteiger partial charge in [0.05, 0.1) is 13.5 Å². The molecule has 0 spiro atoms. The Labute approximate surface area is 141 Å². The van der Waals surface area contributed by atoms with Crippen LogP contribution in [0.15, 0.2) is 42.5 Å². The van der Waals surface area contributed by atoms with Crippen molar-refractivity contribution < 1.29 is 9.53 Å². The Morgan fingerprint density at radius 2 is 1.70 bits per heavy atom. The molecule has 0 saturated carbocycles. The first-order valence-corrected chi connectivity index (χ1v) is 7.69. The first kappa shape index (κ1) is 17.0. The molecule has 0 atom stereocenters. The Morgan fingerprint density at radius 1 is 1.09 bits per heavy atom. The Bertz CT molecular complexity index is 691. The first-order chi connectivity index (χ1) is 11.0. The fourth-order valence-electron chi connectivity index (χ4n) is 2.31. The molecule has 0 radical (unpaired) electrons. The summed E-state index contributed by atoms with van der Waals surface area (Å²) in [5, 5.41) is 6.03. The van der Waals surface area contributed by atoms with E-state index in [1.54, 1.807) is 7.11 Å². The van der Waals surface area contributed by atoms with Crippen LogP contribution in [0.1, 0.15) is 16.7 Å². The van der Waals surface area contributed by atoms with Gasteiger partial charge in [0.2, 0.25) is 5.91 Å². The van der Waals surface area contributed by atoms with E-state index >= 15 is 0 Å². The number of ether oxygens (including phenoxy) is 1. The second-order valence-corrected chi connectivity index (χ2v) is 5.81. The van der Waals surface area contributed by atoms with E-state index in [1.165, 1.54) is 0 Å². The summed E-state index contributed by atoms with van der Waals surface area (Å²) in [7, 11) is 1.61. The highest BCUT2D eigenvalue weighted by atomic mass is 32.1. The molecular formula is C18H20N2O2S. The molecule has 2 rings (SSSR count). The van der Waals surface area contributed by atoms with Gasteiger partial charge < -0.3 is 15.4 Å². The number of benzene rings is 2. The van der Waals surface area contributed by atoms with Gasteiger partial charge in [0, 0.05) is 5.69 Å². The van der Waals surface area contributed by atoms with Crippen molar-refractivity contribution in [3.63, 3.8) is 0 Å². The summed E-state index contributed by atoms with van der Waals surface area (Å²) in [5.74, 6) is 0.609. The zero-order chi connectivity index (χ0) is 16.8. The summed E-state index contributed by atoms with van der Waals surface area (Å²) in [6.07, 6.45) is 0.263. The number of rotatable bonds is 4. The van der Waals surface area contributed by atoms with Crippen LogP contribution in [0.2, 0.25) is 0 Å². The number of anilines is 1. The Morgan fingerprint density at radius 3 is 2.26 bits per heavy atom. The molecule has 120 valence electrons. The SMILES string of the molecule is COc1ccc(CC(=O)NC(=S)Nc2cc(C)cc(C)c2)cc1. The zero-order valence-corrected chi connectivity index (χ0v) is 14.3. The highest BCUT2D eigenvalue weighted by Gasteiger charge is 2.07. The van der Waals surface area contributed by atoms with Crippen LogP contribution in [0.25, 0.3) is 0 Å². The molecule has 0 aliphatic carbocycles. The van der Waals surface area contributed by atoms with Crippen molar-refractivity contribution in [3.05, 3.63) is 59.2 Å². The summed E-state index contributed by atoms with van der Waals surface area (Å²) >= 11 is 5.19. The summed E-state index contributed by atoms with van der Waals surface area (Å²) < 4.78 is 5.09. The van der Waals surface area contributed by atoms with Gasteiger partial charge in [-0.05, 0) is 67.0 Å². The Balaban J connectivity index is 1.90. The van der Waals surface area contributed by atoms with E-state index in [-0.39, 0.29) is 12.3 Å². The average molecular weight is 328 g/mol. The van der Waals surface area contributed by atoms with Crippen LogP contribution in [0.4, 0.5) is 5.69 Å². The fraction of sp³-hybridized carbons (Fsp3) is 0.222. The van der Waals surface area contributed by atoms with Crippen LogP contribution in [-0.4, -0.2) is 18.1 Å². The normalized spacial score (nSPS) is 10.0. The third-order valence-corrected chi connectivity index (χ3v) is 3.46. The molecule has 1 amide bonds. The second-order valence-electron chi connectivity index (χ2n) is 5.40. The maximum absolute atomic E-state index is 12.0. The lowest BCUT2D eigenvalue weighted by molar-refractivity contribution is -0.119. The Kier molecular flexibility index (Phi) is 5.71. The molecule has 0 aliphatic rings. The lowest BCUT2D eigenvalue weighted by Crippen LogP contribution is -2.35. The number of thiocarbonyl (C=S) groups is 1. The monoisotopic (exact) mass is 328 g/mol. The number of nitrogens with one attached hydrogen (secondary N) is 2. The van der Waals surface area contributed by atoms with Crippen molar-refractivity contribution in [3.8, 4) is 5.75 Å². The number of carbonyl (C=O) groups is 1. The molecule has 0 unspecified atom stereocenters. The molecule has 2 N–H and O–H groups in total. The van der Waals surface area contributed by atoms with Crippen molar-refractivity contribution >= 4 is 28.9 Å². The van der Waals surface area contributed by atoms with Crippen LogP contribution in [0, 0.1) is 13.8 Å². The maximum Gasteiger partial charge on any atom is 0.230 e. The molecule has 0 aliphatic heterocycles. The number of hydrogen-bond acceptors (Lipinski definition) is 3. The van der Waals surface area contributed by atoms with Gasteiger partial charge in [-0.25, -0.2) is 0 Å². The summed E-state index contributed by atoms with van der Waals surface area (Å²) in [4.78, 5) is 12.0. The van der Waals surface area contributed by atoms with E-state index < -0.39 is 0 Å². The number of aryl methyl sites for hydroxylation is 2. The zero-order valence-electron chi connectivity index (χ0n) is 13.5. The molecule has 5 heteroatoms. The lowest BCUT2D eigenvalue weighted by Gasteiger charge is -2.11. The minimum atomic E-state index is -0.156. The number of methoxy groups -OCH3 is 1. The molecule has 0 heterocycles. The van der Waals surface area contributed by atoms with E-state index in [1.807, 2.05) is 50.2 Å². The lowest BCUT2D eigenvalue weighted by atomic mass is 10.1. The molecule has 0 aromatic heterocycles. The van der Waals surface area contributed by atoms with Gasteiger partial charge in [-0.1, -0.05) is 18.2 Å². The summed E-state index contributed by atoms with van der Waals surface area (Å²) in [6, 6.07) is 13.4. The standard InChI is InChI=1S/C18H20N2O2S/c1-12-8-13(2)10-15(9-12)19-18(23)20-17(21)11-14-4-6-16(22-3)7-5-14/h4-10H,11H2,1-3H3,(H2,19,20,21,23). The summed E-state index contributed by atoms with van der Waals surface area (Å²) in [5.41, 5.74) is 4.05. The van der Waals surface area contributed by atoms with Gasteiger partial charge in [0.1, 0.15) is 5.75 Å². The molecule has 4 nitrogen and oxygen atoms in total. The number of carbonyl (C=O) groups excluding carboxylic acids is 1. The van der Waals surface area contributed by atoms with Crippen molar-refractivity contribution in [1.29, 1.82) is 0 Å². The van der Waals surface area contributed by atoms with Gasteiger partial charge >= 0.3 is 0 Å². The van der Waals surface area contributed by atoms with Crippen LogP contribution < -0.4 is 15.4 Å². The van der Waals surface area contributed by atoms with Gasteiger partial charge in [-0.3, -0.25) is 4.79 Å². The van der Waals surface area contributed by atoms with E-state index in [4.69, 9.17) is 17.0 Å². The Hall–Kier alpha value is -2.40. The fourth-order valence-corrected chi connectivity index (χ4v) is 2.54. The molecule has 23 heavy (non-hydrogen) atoms. The van der Waals surface area contributed by atoms with E-state index in [9.17, 15) is 4.79 Å². The third-order valence-electron chi connectivity index (χ3n) is 3.26. The van der Waals surface area contributed by atoms with E-state index in [0.717, 1.165) is 28.1 Å². The topological polar surface area (TPSA) is 50.4 Å². The predicted octanol–water partition coefficient (Wildman–Crippen LogP) is 3.37. The molecule has 0 fully saturated rings. The average Bonchev–Trinajstić information content (AvgIpc) is 2.46. The molecule has 0 saturated heterocycles. The van der Waals surface area contributed by atoms with Crippen LogP contribution in [-0.2, 0) is 11.2 Å². The van der Waals surface area contributed by atoms with Crippen LogP contribution in [0.5, 0.6) is 5.75 Å². The van der Waals surface area contributed by atoms with E-state index in [0.29, 0.717) is 5.11 Å². The molecule has 0 bridgehead atoms. The quantitative estimate of drug-likeness (QED) is 0.845. The van der Waals surface area contributed by atoms with Gasteiger partial charge in [-0.15, -0.1) is 0 Å². The molecule has 2 aromatic rings. The van der Waals surface area contributed by atoms with Crippen molar-refractivity contribution in [2.24, 2.45) is 0 Å². The smallest absolute Gasteiger partial charge is 0.230 e. The minimum Gasteiger partial charge on any atom is -0.497 e. The van der Waals surface area contributed by atoms with Gasteiger partial charge in [0.15, 0.2) is 5.11 Å². The number of hydrogen-bond donors (Lipinski definition) is 2. The largest absolute Gasteiger partial charge is 0.497 e. The number of amides is 1. The second kappa shape index (κ2) is 7.74. The maximum atomic E-state index is 12.0. The first-order valence-electron chi connectivity index (χ1n) is 7.28. The third kappa shape index (κ3) is 5.38. The molecular weight excluding hydrogens is 308 g/mol. The van der Waals surface area contributed by atoms with Gasteiger partial charge in [-0.2, -0.15) is 0 Å². The van der Waals surface area contributed by atoms with Gasteiger partial charge in [0.25, 0.3) is 0 Å². The van der Waals surface area contributed by atoms with Crippen molar-refractivity contribution in [2.75, 3.05) is 12.4 Å². The minimum absolute atomic E-state index is 0.156. The highest BCUT2D eigenvalue weighted by Crippen LogP contribution is 2.14. The predicted molar refractivity (Wildman–Crippen MR) is 97.0 cm³/mol. The van der Waals surface area contributed by atoms with E-state index in [2.05, 4.69) is 16.7 Å². The van der Waals surface area contributed by atoms with Crippen LogP contribution in [0.3, 0.4) is 0 Å². The molecule has 2 aromatic carbocycles. The van der Waals surface area contributed by atoms with Crippen molar-refractivity contribution in [1.82, 2.24) is 5.32 Å².